The molecule has 4 nitrogen and oxygen atoms in total. The molecule has 1 aliphatic heterocycles. The van der Waals surface area contributed by atoms with Crippen molar-refractivity contribution in [3.63, 3.8) is 0 Å². The summed E-state index contributed by atoms with van der Waals surface area (Å²) in [7, 11) is 0. The molecule has 2 unspecified atom stereocenters. The summed E-state index contributed by atoms with van der Waals surface area (Å²) in [6, 6.07) is 10.2. The number of carbonyl (C=O) groups is 1. The Morgan fingerprint density at radius 3 is 2.36 bits per heavy atom. The normalized spacial score (nSPS) is 23.0. The monoisotopic (exact) mass is 302 g/mol. The number of rotatable bonds is 5. The lowest BCUT2D eigenvalue weighted by Crippen LogP contribution is -2.45. The van der Waals surface area contributed by atoms with E-state index in [9.17, 15) is 9.90 Å². The molecule has 2 fully saturated rings. The van der Waals surface area contributed by atoms with Gasteiger partial charge < -0.3 is 10.4 Å². The van der Waals surface area contributed by atoms with Gasteiger partial charge in [-0.15, -0.1) is 0 Å². The molecule has 2 aliphatic rings. The molecule has 1 heterocycles. The Hall–Kier alpha value is -1.39. The van der Waals surface area contributed by atoms with Gasteiger partial charge in [-0.1, -0.05) is 30.3 Å². The SMILES string of the molecule is CC(O)C1CCN(C(C(=O)NC2CC2)c2ccccc2)CC1. The zero-order valence-electron chi connectivity index (χ0n) is 13.2. The van der Waals surface area contributed by atoms with Gasteiger partial charge in [0, 0.05) is 6.04 Å². The summed E-state index contributed by atoms with van der Waals surface area (Å²) in [5, 5.41) is 12.9. The van der Waals surface area contributed by atoms with E-state index in [0.29, 0.717) is 12.0 Å². The van der Waals surface area contributed by atoms with Gasteiger partial charge in [0.25, 0.3) is 0 Å². The van der Waals surface area contributed by atoms with Gasteiger partial charge in [0.1, 0.15) is 6.04 Å². The fourth-order valence-electron chi connectivity index (χ4n) is 3.33. The fourth-order valence-corrected chi connectivity index (χ4v) is 3.33. The number of nitrogens with zero attached hydrogens (tertiary/aromatic N) is 1. The van der Waals surface area contributed by atoms with E-state index in [0.717, 1.165) is 44.3 Å². The molecule has 1 aromatic rings. The molecule has 4 heteroatoms. The van der Waals surface area contributed by atoms with Crippen LogP contribution < -0.4 is 5.32 Å². The first-order chi connectivity index (χ1) is 10.6. The van der Waals surface area contributed by atoms with Gasteiger partial charge >= 0.3 is 0 Å². The van der Waals surface area contributed by atoms with Crippen molar-refractivity contribution in [3.8, 4) is 0 Å². The second kappa shape index (κ2) is 6.80. The molecule has 0 radical (unpaired) electrons. The topological polar surface area (TPSA) is 52.6 Å². The number of piperidine rings is 1. The maximum atomic E-state index is 12.7. The van der Waals surface area contributed by atoms with E-state index in [2.05, 4.69) is 10.2 Å². The highest BCUT2D eigenvalue weighted by molar-refractivity contribution is 5.83. The predicted octanol–water partition coefficient (Wildman–Crippen LogP) is 2.10. The van der Waals surface area contributed by atoms with Gasteiger partial charge in [-0.25, -0.2) is 0 Å². The van der Waals surface area contributed by atoms with Crippen molar-refractivity contribution < 1.29 is 9.90 Å². The van der Waals surface area contributed by atoms with Gasteiger partial charge in [-0.05, 0) is 57.2 Å². The molecule has 22 heavy (non-hydrogen) atoms. The summed E-state index contributed by atoms with van der Waals surface area (Å²) in [6.45, 7) is 3.61. The summed E-state index contributed by atoms with van der Waals surface area (Å²) in [5.41, 5.74) is 1.07. The predicted molar refractivity (Wildman–Crippen MR) is 86.3 cm³/mol. The van der Waals surface area contributed by atoms with E-state index >= 15 is 0 Å². The number of carbonyl (C=O) groups excluding carboxylic acids is 1. The molecule has 120 valence electrons. The maximum Gasteiger partial charge on any atom is 0.242 e. The smallest absolute Gasteiger partial charge is 0.242 e. The molecule has 2 atom stereocenters. The molecule has 1 aromatic carbocycles. The number of hydrogen-bond donors (Lipinski definition) is 2. The van der Waals surface area contributed by atoms with Crippen LogP contribution in [0.1, 0.15) is 44.2 Å². The number of nitrogens with one attached hydrogen (secondary N) is 1. The van der Waals surface area contributed by atoms with Crippen LogP contribution in [0.4, 0.5) is 0 Å². The van der Waals surface area contributed by atoms with Crippen molar-refractivity contribution >= 4 is 5.91 Å². The van der Waals surface area contributed by atoms with Crippen LogP contribution in [0.15, 0.2) is 30.3 Å². The van der Waals surface area contributed by atoms with Crippen LogP contribution in [0.2, 0.25) is 0 Å². The van der Waals surface area contributed by atoms with Gasteiger partial charge in [0.05, 0.1) is 6.10 Å². The lowest BCUT2D eigenvalue weighted by molar-refractivity contribution is -0.127. The van der Waals surface area contributed by atoms with E-state index in [1.54, 1.807) is 0 Å². The molecule has 2 N–H and O–H groups in total. The van der Waals surface area contributed by atoms with E-state index < -0.39 is 0 Å². The van der Waals surface area contributed by atoms with Crippen molar-refractivity contribution in [2.45, 2.75) is 50.8 Å². The minimum atomic E-state index is -0.252. The zero-order chi connectivity index (χ0) is 15.5. The van der Waals surface area contributed by atoms with Crippen LogP contribution in [0.3, 0.4) is 0 Å². The van der Waals surface area contributed by atoms with Gasteiger partial charge in [0.15, 0.2) is 0 Å². The highest BCUT2D eigenvalue weighted by Gasteiger charge is 2.34. The van der Waals surface area contributed by atoms with E-state index in [1.165, 1.54) is 0 Å². The minimum absolute atomic E-state index is 0.129. The highest BCUT2D eigenvalue weighted by atomic mass is 16.3. The summed E-state index contributed by atoms with van der Waals surface area (Å²) < 4.78 is 0. The van der Waals surface area contributed by atoms with Crippen molar-refractivity contribution in [2.75, 3.05) is 13.1 Å². The van der Waals surface area contributed by atoms with Crippen LogP contribution in [-0.4, -0.2) is 41.1 Å². The minimum Gasteiger partial charge on any atom is -0.393 e. The van der Waals surface area contributed by atoms with Crippen LogP contribution in [-0.2, 0) is 4.79 Å². The Kier molecular flexibility index (Phi) is 4.79. The third-order valence-electron chi connectivity index (χ3n) is 4.91. The number of hydrogen-bond acceptors (Lipinski definition) is 3. The average molecular weight is 302 g/mol. The second-order valence-electron chi connectivity index (χ2n) is 6.71. The largest absolute Gasteiger partial charge is 0.393 e. The Balaban J connectivity index is 1.72. The molecular formula is C18H26N2O2. The molecule has 0 aromatic heterocycles. The third-order valence-corrected chi connectivity index (χ3v) is 4.91. The van der Waals surface area contributed by atoms with Gasteiger partial charge in [-0.3, -0.25) is 9.69 Å². The summed E-state index contributed by atoms with van der Waals surface area (Å²) in [6.07, 6.45) is 3.88. The summed E-state index contributed by atoms with van der Waals surface area (Å²) in [5.74, 6) is 0.489. The first-order valence-corrected chi connectivity index (χ1v) is 8.42. The Labute approximate surface area is 132 Å². The lowest BCUT2D eigenvalue weighted by Gasteiger charge is -2.37. The molecule has 0 bridgehead atoms. The van der Waals surface area contributed by atoms with Gasteiger partial charge in [-0.2, -0.15) is 0 Å². The van der Waals surface area contributed by atoms with Crippen molar-refractivity contribution in [3.05, 3.63) is 35.9 Å². The number of aliphatic hydroxyl groups excluding tert-OH is 1. The van der Waals surface area contributed by atoms with Crippen LogP contribution in [0.5, 0.6) is 0 Å². The van der Waals surface area contributed by atoms with Crippen molar-refractivity contribution in [1.82, 2.24) is 10.2 Å². The van der Waals surface area contributed by atoms with Crippen LogP contribution >= 0.6 is 0 Å². The molecule has 1 saturated heterocycles. The maximum absolute atomic E-state index is 12.7. The molecule has 3 rings (SSSR count). The average Bonchev–Trinajstić information content (AvgIpc) is 3.33. The molecule has 1 amide bonds. The van der Waals surface area contributed by atoms with E-state index in [1.807, 2.05) is 37.3 Å². The quantitative estimate of drug-likeness (QED) is 0.876. The van der Waals surface area contributed by atoms with E-state index in [-0.39, 0.29) is 18.1 Å². The zero-order valence-corrected chi connectivity index (χ0v) is 13.2. The number of likely N-dealkylation sites (tertiary alicyclic amines) is 1. The summed E-state index contributed by atoms with van der Waals surface area (Å²) >= 11 is 0. The molecule has 1 saturated carbocycles. The molecular weight excluding hydrogens is 276 g/mol. The summed E-state index contributed by atoms with van der Waals surface area (Å²) in [4.78, 5) is 15.0. The number of benzene rings is 1. The Morgan fingerprint density at radius 2 is 1.82 bits per heavy atom. The van der Waals surface area contributed by atoms with Crippen LogP contribution in [0, 0.1) is 5.92 Å². The fraction of sp³-hybridized carbons (Fsp3) is 0.611. The lowest BCUT2D eigenvalue weighted by atomic mass is 9.90. The van der Waals surface area contributed by atoms with Crippen LogP contribution in [0.25, 0.3) is 0 Å². The first-order valence-electron chi connectivity index (χ1n) is 8.42. The standard InChI is InChI=1S/C18H26N2O2/c1-13(21)14-9-11-20(12-10-14)17(15-5-3-2-4-6-15)18(22)19-16-7-8-16/h2-6,13-14,16-17,21H,7-12H2,1H3,(H,19,22). The van der Waals surface area contributed by atoms with Gasteiger partial charge in [0.2, 0.25) is 5.91 Å². The molecule has 0 spiro atoms. The van der Waals surface area contributed by atoms with Crippen molar-refractivity contribution in [2.24, 2.45) is 5.92 Å². The van der Waals surface area contributed by atoms with E-state index in [4.69, 9.17) is 0 Å². The third kappa shape index (κ3) is 3.68. The number of amides is 1. The molecule has 1 aliphatic carbocycles. The van der Waals surface area contributed by atoms with Crippen molar-refractivity contribution in [1.29, 1.82) is 0 Å². The highest BCUT2D eigenvalue weighted by Crippen LogP contribution is 2.29. The Bertz CT molecular complexity index is 491. The first kappa shape index (κ1) is 15.5. The second-order valence-corrected chi connectivity index (χ2v) is 6.71. The number of aliphatic hydroxyl groups is 1. The Morgan fingerprint density at radius 1 is 1.18 bits per heavy atom.